The first-order chi connectivity index (χ1) is 47.7. The van der Waals surface area contributed by atoms with Crippen molar-refractivity contribution in [3.63, 3.8) is 0 Å². The number of fused-ring (bicyclic) bond motifs is 8. The number of aromatic nitrogens is 2. The summed E-state index contributed by atoms with van der Waals surface area (Å²) in [6, 6.07) is 21.4. The van der Waals surface area contributed by atoms with Gasteiger partial charge in [0, 0.05) is 41.8 Å². The van der Waals surface area contributed by atoms with Crippen molar-refractivity contribution in [3.8, 4) is 57.1 Å². The van der Waals surface area contributed by atoms with Crippen LogP contribution >= 0.6 is 23.2 Å². The average molecular weight is 1410 g/mol. The van der Waals surface area contributed by atoms with Gasteiger partial charge in [0.15, 0.2) is 17.5 Å². The van der Waals surface area contributed by atoms with E-state index in [2.05, 4.69) is 36.9 Å². The molecule has 0 unspecified atom stereocenters. The summed E-state index contributed by atoms with van der Waals surface area (Å²) in [5.41, 5.74) is -0.942. The molecule has 6 amide bonds. The summed E-state index contributed by atoms with van der Waals surface area (Å²) in [5, 5.41) is 83.3. The number of hydrogen-bond donors (Lipinski definition) is 12. The molecule has 8 bridgehead atoms. The Morgan fingerprint density at radius 3 is 2.06 bits per heavy atom. The van der Waals surface area contributed by atoms with Crippen LogP contribution in [-0.2, 0) is 80.5 Å². The summed E-state index contributed by atoms with van der Waals surface area (Å²) in [7, 11) is 0.969. The highest BCUT2D eigenvalue weighted by Gasteiger charge is 2.41. The smallest absolute Gasteiger partial charge is 0.408 e. The number of carboxylic acids is 1. The van der Waals surface area contributed by atoms with E-state index >= 15 is 14.4 Å². The maximum atomic E-state index is 15.9. The average Bonchev–Trinajstić information content (AvgIpc) is 0.931. The Kier molecular flexibility index (Phi) is 22.0. The number of carbonyl (C=O) groups excluding carboxylic acids is 7. The van der Waals surface area contributed by atoms with Crippen molar-refractivity contribution in [2.45, 2.75) is 102 Å². The topological polar surface area (TPSA) is 403 Å². The van der Waals surface area contributed by atoms with E-state index in [-0.39, 0.29) is 93.4 Å². The van der Waals surface area contributed by atoms with Crippen molar-refractivity contribution in [1.82, 2.24) is 41.5 Å². The largest absolute Gasteiger partial charge is 0.508 e. The SMILES string of the molecule is COC(=O)[C@H]1NC(=O)[C@H]2NC(=O)[C@H](NC(=O)[C@H](NC(=O)[C@H](Cc3cn(COCc4ccccc4)cn3)NC(=O)OC(C)(C)C)c3cc(Oc4ccc(C[C@@H](NC(=O)OCc5ccccc5)C(=O)O)cc4Cl)c(O)c(c3)Oc3ccc(cc3Cl)[C@H]2O)c2ccc(O)c(c2)-c2c(O)cc(O)cc21. The van der Waals surface area contributed by atoms with Gasteiger partial charge in [-0.15, -0.1) is 0 Å². The number of hydrogen-bond acceptors (Lipinski definition) is 20. The van der Waals surface area contributed by atoms with Gasteiger partial charge in [-0.3, -0.25) is 19.2 Å². The number of aromatic hydroxyl groups is 4. The lowest BCUT2D eigenvalue weighted by Gasteiger charge is -2.31. The number of aliphatic hydroxyl groups is 1. The third-order valence-corrected chi connectivity index (χ3v) is 16.2. The Hall–Kier alpha value is -11.6. The van der Waals surface area contributed by atoms with Crippen LogP contribution in [0, 0.1) is 0 Å². The van der Waals surface area contributed by atoms with Gasteiger partial charge in [0.05, 0.1) is 35.8 Å². The molecule has 11 rings (SSSR count). The highest BCUT2D eigenvalue weighted by Crippen LogP contribution is 2.48. The van der Waals surface area contributed by atoms with E-state index in [9.17, 15) is 54.6 Å². The van der Waals surface area contributed by atoms with Gasteiger partial charge in [0.25, 0.3) is 0 Å². The van der Waals surface area contributed by atoms with E-state index in [1.807, 2.05) is 30.3 Å². The van der Waals surface area contributed by atoms with Crippen LogP contribution < -0.4 is 41.4 Å². The van der Waals surface area contributed by atoms with Gasteiger partial charge in [0.2, 0.25) is 29.4 Å². The molecule has 30 heteroatoms. The van der Waals surface area contributed by atoms with Gasteiger partial charge in [-0.1, -0.05) is 102 Å². The molecule has 28 nitrogen and oxygen atoms in total. The number of nitrogens with one attached hydrogen (secondary N) is 6. The van der Waals surface area contributed by atoms with E-state index in [1.165, 1.54) is 42.7 Å². The van der Waals surface area contributed by atoms with E-state index in [0.29, 0.717) is 5.56 Å². The number of alkyl carbamates (subject to hydrolysis) is 2. The standard InChI is InChI=1S/C70H66Cl2N8O20/c1-70(2,3)100-69(94)74-47(27-41-30-80(33-73-41)34-96-31-35-11-7-5-8-12-35)62(86)76-57-40-25-53(98-51-19-15-37(21-45(51)71)22-48(66(90)91)75-68(93)97-32-36-13-9-6-10-14-36)61(85)54(26-40)99-52-20-17-39(24-46(52)72)60(84)59-65(89)78-58(67(92)95-4)44-28-42(81)29-50(83)55(44)43-23-38(16-18-49(43)82)56(63(87)79-59)77-64(57)88/h5-21,23-26,28-30,33,47-48,56-60,81-85H,22,27,31-32,34H2,1-4H3,(H,74,94)(H,75,93)(H,76,86)(H,77,88)(H,78,89)(H,79,87)(H,90,91)/t47-,48+,56+,57+,58-,59-,60+/m0/s1. The normalized spacial score (nSPS) is 17.2. The zero-order valence-electron chi connectivity index (χ0n) is 53.6. The predicted molar refractivity (Wildman–Crippen MR) is 355 cm³/mol. The minimum absolute atomic E-state index is 0.00434. The molecule has 0 aliphatic carbocycles. The van der Waals surface area contributed by atoms with Gasteiger partial charge in [-0.2, -0.15) is 0 Å². The molecular weight excluding hydrogens is 1340 g/mol. The number of aliphatic hydroxyl groups excluding tert-OH is 1. The number of esters is 1. The number of imidazole rings is 1. The van der Waals surface area contributed by atoms with Crippen LogP contribution in [0.25, 0.3) is 11.1 Å². The van der Waals surface area contributed by atoms with Crippen molar-refractivity contribution < 1.29 is 97.4 Å². The van der Waals surface area contributed by atoms with Crippen LogP contribution in [0.4, 0.5) is 9.59 Å². The number of aliphatic carboxylic acids is 1. The molecule has 520 valence electrons. The first-order valence-electron chi connectivity index (χ1n) is 30.7. The van der Waals surface area contributed by atoms with Crippen LogP contribution in [0.5, 0.6) is 46.0 Å². The van der Waals surface area contributed by atoms with E-state index in [4.69, 9.17) is 51.6 Å². The molecule has 0 radical (unpaired) electrons. The third kappa shape index (κ3) is 17.4. The molecule has 0 spiro atoms. The molecule has 100 heavy (non-hydrogen) atoms. The van der Waals surface area contributed by atoms with Crippen LogP contribution in [0.1, 0.15) is 89.6 Å². The Morgan fingerprint density at radius 1 is 0.680 bits per heavy atom. The highest BCUT2D eigenvalue weighted by atomic mass is 35.5. The Morgan fingerprint density at radius 2 is 1.38 bits per heavy atom. The fraction of sp³-hybridized carbons (Fsp3) is 0.243. The molecule has 7 aromatic carbocycles. The number of phenolic OH excluding ortho intramolecular Hbond substituents is 4. The van der Waals surface area contributed by atoms with Crippen molar-refractivity contribution in [2.24, 2.45) is 0 Å². The van der Waals surface area contributed by atoms with Crippen LogP contribution in [0.15, 0.2) is 152 Å². The fourth-order valence-electron chi connectivity index (χ4n) is 10.8. The molecule has 1 aromatic heterocycles. The molecule has 0 saturated heterocycles. The summed E-state index contributed by atoms with van der Waals surface area (Å²) in [6.07, 6.45) is -1.96. The minimum atomic E-state index is -2.14. The third-order valence-electron chi connectivity index (χ3n) is 15.6. The number of halogens is 2. The van der Waals surface area contributed by atoms with E-state index < -0.39 is 136 Å². The summed E-state index contributed by atoms with van der Waals surface area (Å²) < 4.78 is 35.9. The number of carboxylic acid groups (broad SMARTS) is 1. The number of ether oxygens (including phenoxy) is 6. The second kappa shape index (κ2) is 30.9. The van der Waals surface area contributed by atoms with Gasteiger partial charge in [-0.25, -0.2) is 24.2 Å². The fourth-order valence-corrected chi connectivity index (χ4v) is 11.3. The number of phenols is 4. The zero-order valence-corrected chi connectivity index (χ0v) is 55.1. The van der Waals surface area contributed by atoms with Crippen LogP contribution in [0.2, 0.25) is 10.0 Å². The zero-order chi connectivity index (χ0) is 71.7. The van der Waals surface area contributed by atoms with Crippen molar-refractivity contribution in [3.05, 3.63) is 207 Å². The summed E-state index contributed by atoms with van der Waals surface area (Å²) >= 11 is 13.8. The lowest BCUT2D eigenvalue weighted by atomic mass is 9.89. The quantitative estimate of drug-likeness (QED) is 0.0283. The molecule has 3 aliphatic rings. The van der Waals surface area contributed by atoms with Crippen LogP contribution in [0.3, 0.4) is 0 Å². The maximum absolute atomic E-state index is 15.9. The van der Waals surface area contributed by atoms with Gasteiger partial charge >= 0.3 is 24.1 Å². The molecule has 0 saturated carbocycles. The number of carbonyl (C=O) groups is 8. The molecule has 0 fully saturated rings. The first kappa shape index (κ1) is 71.2. The number of rotatable bonds is 18. The summed E-state index contributed by atoms with van der Waals surface area (Å²) in [6.45, 7) is 4.82. The summed E-state index contributed by atoms with van der Waals surface area (Å²) in [4.78, 5) is 119. The van der Waals surface area contributed by atoms with E-state index in [1.54, 1.807) is 61.9 Å². The molecule has 3 aliphatic heterocycles. The van der Waals surface area contributed by atoms with Crippen molar-refractivity contribution in [2.75, 3.05) is 7.11 Å². The lowest BCUT2D eigenvalue weighted by Crippen LogP contribution is -2.55. The van der Waals surface area contributed by atoms with Crippen molar-refractivity contribution >= 4 is 71.0 Å². The second-order valence-corrected chi connectivity index (χ2v) is 24.9. The van der Waals surface area contributed by atoms with Gasteiger partial charge in [0.1, 0.15) is 84.0 Å². The van der Waals surface area contributed by atoms with E-state index in [0.717, 1.165) is 55.1 Å². The number of methoxy groups -OCH3 is 1. The van der Waals surface area contributed by atoms with Crippen LogP contribution in [-0.4, -0.2) is 119 Å². The predicted octanol–water partition coefficient (Wildman–Crippen LogP) is 8.39. The monoisotopic (exact) mass is 1410 g/mol. The molecular formula is C70H66Cl2N8O20. The van der Waals surface area contributed by atoms with Gasteiger partial charge in [-0.05, 0) is 109 Å². The Bertz CT molecular complexity index is 4440. The Balaban J connectivity index is 1.09. The lowest BCUT2D eigenvalue weighted by molar-refractivity contribution is -0.146. The molecule has 8 aromatic rings. The molecule has 12 N–H and O–H groups in total. The van der Waals surface area contributed by atoms with Crippen molar-refractivity contribution in [1.29, 1.82) is 0 Å². The second-order valence-electron chi connectivity index (χ2n) is 24.1. The highest BCUT2D eigenvalue weighted by molar-refractivity contribution is 6.32. The summed E-state index contributed by atoms with van der Waals surface area (Å²) in [5.74, 6) is -12.0. The Labute approximate surface area is 579 Å². The molecule has 4 heterocycles. The van der Waals surface area contributed by atoms with Gasteiger partial charge < -0.3 is 95.5 Å². The number of benzene rings is 7. The maximum Gasteiger partial charge on any atom is 0.408 e. The number of amides is 6. The number of nitrogens with zero attached hydrogens (tertiary/aromatic N) is 2. The minimum Gasteiger partial charge on any atom is -0.508 e. The molecule has 7 atom stereocenters. The first-order valence-corrected chi connectivity index (χ1v) is 31.4.